The lowest BCUT2D eigenvalue weighted by Crippen LogP contribution is -2.38. The number of nitrogens with zero attached hydrogens (tertiary/aromatic N) is 1. The van der Waals surface area contributed by atoms with Crippen molar-refractivity contribution in [2.45, 2.75) is 32.1 Å². The number of hydrogen-bond donors (Lipinski definition) is 1. The van der Waals surface area contributed by atoms with Gasteiger partial charge in [-0.2, -0.15) is 13.2 Å². The number of halogens is 3. The molecule has 1 aromatic rings. The minimum Gasteiger partial charge on any atom is -0.313 e. The van der Waals surface area contributed by atoms with Crippen LogP contribution in [0.3, 0.4) is 0 Å². The van der Waals surface area contributed by atoms with E-state index in [2.05, 4.69) is 5.32 Å². The van der Waals surface area contributed by atoms with E-state index in [4.69, 9.17) is 0 Å². The SMILES string of the molecule is CC(C)c1ccc(C2NCC(=O)N2CC(F)(F)F)cc1. The smallest absolute Gasteiger partial charge is 0.313 e. The van der Waals surface area contributed by atoms with Crippen LogP contribution in [0.25, 0.3) is 0 Å². The molecule has 1 aliphatic rings. The van der Waals surface area contributed by atoms with Crippen molar-refractivity contribution < 1.29 is 18.0 Å². The van der Waals surface area contributed by atoms with Crippen molar-refractivity contribution in [3.63, 3.8) is 0 Å². The van der Waals surface area contributed by atoms with E-state index in [0.29, 0.717) is 11.5 Å². The fraction of sp³-hybridized carbons (Fsp3) is 0.500. The summed E-state index contributed by atoms with van der Waals surface area (Å²) in [6.45, 7) is 2.80. The minimum atomic E-state index is -4.39. The van der Waals surface area contributed by atoms with Crippen molar-refractivity contribution in [1.29, 1.82) is 0 Å². The Balaban J connectivity index is 2.19. The second-order valence-corrected chi connectivity index (χ2v) is 5.24. The number of carbonyl (C=O) groups is 1. The summed E-state index contributed by atoms with van der Waals surface area (Å²) >= 11 is 0. The van der Waals surface area contributed by atoms with Crippen molar-refractivity contribution in [2.24, 2.45) is 0 Å². The van der Waals surface area contributed by atoms with Crippen LogP contribution in [0.5, 0.6) is 0 Å². The van der Waals surface area contributed by atoms with Gasteiger partial charge in [0.2, 0.25) is 5.91 Å². The molecule has 110 valence electrons. The number of rotatable bonds is 3. The lowest BCUT2D eigenvalue weighted by molar-refractivity contribution is -0.161. The molecular weight excluding hydrogens is 269 g/mol. The number of carbonyl (C=O) groups excluding carboxylic acids is 1. The molecule has 6 heteroatoms. The van der Waals surface area contributed by atoms with Crippen LogP contribution in [0.2, 0.25) is 0 Å². The summed E-state index contributed by atoms with van der Waals surface area (Å²) in [6.07, 6.45) is -5.09. The molecule has 1 fully saturated rings. The molecule has 3 nitrogen and oxygen atoms in total. The maximum absolute atomic E-state index is 12.5. The third kappa shape index (κ3) is 3.30. The summed E-state index contributed by atoms with van der Waals surface area (Å²) < 4.78 is 37.6. The Bertz CT molecular complexity index is 482. The highest BCUT2D eigenvalue weighted by atomic mass is 19.4. The Morgan fingerprint density at radius 1 is 1.30 bits per heavy atom. The first-order valence-corrected chi connectivity index (χ1v) is 6.47. The van der Waals surface area contributed by atoms with E-state index in [-0.39, 0.29) is 6.54 Å². The molecule has 1 amide bonds. The topological polar surface area (TPSA) is 32.3 Å². The van der Waals surface area contributed by atoms with Gasteiger partial charge in [-0.3, -0.25) is 10.1 Å². The first-order valence-electron chi connectivity index (χ1n) is 6.47. The Morgan fingerprint density at radius 3 is 2.40 bits per heavy atom. The van der Waals surface area contributed by atoms with Gasteiger partial charge in [-0.1, -0.05) is 38.1 Å². The number of benzene rings is 1. The summed E-state index contributed by atoms with van der Waals surface area (Å²) in [5, 5.41) is 2.82. The van der Waals surface area contributed by atoms with Gasteiger partial charge in [0.25, 0.3) is 0 Å². The second kappa shape index (κ2) is 5.44. The fourth-order valence-electron chi connectivity index (χ4n) is 2.27. The fourth-order valence-corrected chi connectivity index (χ4v) is 2.27. The molecule has 2 rings (SSSR count). The summed E-state index contributed by atoms with van der Waals surface area (Å²) in [6, 6.07) is 7.32. The van der Waals surface area contributed by atoms with Gasteiger partial charge in [0.05, 0.1) is 6.54 Å². The van der Waals surface area contributed by atoms with Crippen LogP contribution in [0.4, 0.5) is 13.2 Å². The highest BCUT2D eigenvalue weighted by molar-refractivity contribution is 5.81. The van der Waals surface area contributed by atoms with E-state index in [1.165, 1.54) is 0 Å². The van der Waals surface area contributed by atoms with Crippen molar-refractivity contribution in [1.82, 2.24) is 10.2 Å². The summed E-state index contributed by atoms with van der Waals surface area (Å²) in [7, 11) is 0. The van der Waals surface area contributed by atoms with E-state index < -0.39 is 24.8 Å². The Morgan fingerprint density at radius 2 is 1.90 bits per heavy atom. The van der Waals surface area contributed by atoms with Crippen LogP contribution in [-0.2, 0) is 4.79 Å². The van der Waals surface area contributed by atoms with Gasteiger partial charge >= 0.3 is 6.18 Å². The van der Waals surface area contributed by atoms with E-state index in [1.807, 2.05) is 26.0 Å². The minimum absolute atomic E-state index is 0.0628. The number of nitrogens with one attached hydrogen (secondary N) is 1. The molecule has 1 aromatic carbocycles. The normalized spacial score (nSPS) is 20.0. The first kappa shape index (κ1) is 14.8. The van der Waals surface area contributed by atoms with Crippen LogP contribution in [0.1, 0.15) is 37.1 Å². The maximum atomic E-state index is 12.5. The second-order valence-electron chi connectivity index (χ2n) is 5.24. The predicted octanol–water partition coefficient (Wildman–Crippen LogP) is 2.80. The molecule has 20 heavy (non-hydrogen) atoms. The monoisotopic (exact) mass is 286 g/mol. The van der Waals surface area contributed by atoms with Gasteiger partial charge in [0.1, 0.15) is 12.7 Å². The molecule has 1 atom stereocenters. The van der Waals surface area contributed by atoms with Crippen molar-refractivity contribution in [2.75, 3.05) is 13.1 Å². The molecule has 1 saturated heterocycles. The third-order valence-electron chi connectivity index (χ3n) is 3.35. The zero-order valence-corrected chi connectivity index (χ0v) is 11.4. The van der Waals surface area contributed by atoms with Gasteiger partial charge in [0, 0.05) is 0 Å². The lowest BCUT2D eigenvalue weighted by Gasteiger charge is -2.25. The van der Waals surface area contributed by atoms with Crippen molar-refractivity contribution in [3.8, 4) is 0 Å². The van der Waals surface area contributed by atoms with Gasteiger partial charge in [-0.25, -0.2) is 0 Å². The molecule has 0 aromatic heterocycles. The molecule has 0 aliphatic carbocycles. The lowest BCUT2D eigenvalue weighted by atomic mass is 10.0. The Labute approximate surface area is 115 Å². The summed E-state index contributed by atoms with van der Waals surface area (Å²) in [5.41, 5.74) is 1.78. The molecular formula is C14H17F3N2O. The molecule has 1 unspecified atom stereocenters. The molecule has 1 heterocycles. The van der Waals surface area contributed by atoms with Gasteiger partial charge in [-0.15, -0.1) is 0 Å². The highest BCUT2D eigenvalue weighted by Crippen LogP contribution is 2.28. The molecule has 1 N–H and O–H groups in total. The van der Waals surface area contributed by atoms with Gasteiger partial charge in [-0.05, 0) is 17.0 Å². The number of hydrogen-bond acceptors (Lipinski definition) is 2. The van der Waals surface area contributed by atoms with E-state index in [1.54, 1.807) is 12.1 Å². The van der Waals surface area contributed by atoms with Crippen LogP contribution < -0.4 is 5.32 Å². The van der Waals surface area contributed by atoms with Crippen LogP contribution in [0.15, 0.2) is 24.3 Å². The average molecular weight is 286 g/mol. The maximum Gasteiger partial charge on any atom is 0.406 e. The molecule has 0 saturated carbocycles. The number of alkyl halides is 3. The van der Waals surface area contributed by atoms with E-state index in [0.717, 1.165) is 10.5 Å². The first-order chi connectivity index (χ1) is 9.28. The standard InChI is InChI=1S/C14H17F3N2O/c1-9(2)10-3-5-11(6-4-10)13-18-7-12(20)19(13)8-14(15,16)17/h3-6,9,13,18H,7-8H2,1-2H3. The Kier molecular flexibility index (Phi) is 4.04. The largest absolute Gasteiger partial charge is 0.406 e. The number of amides is 1. The summed E-state index contributed by atoms with van der Waals surface area (Å²) in [4.78, 5) is 12.4. The average Bonchev–Trinajstić information content (AvgIpc) is 2.69. The zero-order chi connectivity index (χ0) is 14.9. The van der Waals surface area contributed by atoms with Crippen LogP contribution in [0, 0.1) is 0 Å². The Hall–Kier alpha value is -1.56. The van der Waals surface area contributed by atoms with Gasteiger partial charge in [0.15, 0.2) is 0 Å². The molecule has 0 spiro atoms. The summed E-state index contributed by atoms with van der Waals surface area (Å²) in [5.74, 6) is -0.172. The van der Waals surface area contributed by atoms with Crippen LogP contribution in [-0.4, -0.2) is 30.1 Å². The predicted molar refractivity (Wildman–Crippen MR) is 69.0 cm³/mol. The molecule has 0 radical (unpaired) electrons. The highest BCUT2D eigenvalue weighted by Gasteiger charge is 2.40. The quantitative estimate of drug-likeness (QED) is 0.926. The van der Waals surface area contributed by atoms with Crippen molar-refractivity contribution in [3.05, 3.63) is 35.4 Å². The van der Waals surface area contributed by atoms with Gasteiger partial charge < -0.3 is 4.90 Å². The van der Waals surface area contributed by atoms with Crippen molar-refractivity contribution >= 4 is 5.91 Å². The molecule has 1 aliphatic heterocycles. The molecule has 0 bridgehead atoms. The van der Waals surface area contributed by atoms with Crippen LogP contribution >= 0.6 is 0 Å². The van der Waals surface area contributed by atoms with E-state index >= 15 is 0 Å². The third-order valence-corrected chi connectivity index (χ3v) is 3.35. The zero-order valence-electron chi connectivity index (χ0n) is 11.4. The van der Waals surface area contributed by atoms with E-state index in [9.17, 15) is 18.0 Å².